The quantitative estimate of drug-likeness (QED) is 0.604. The predicted molar refractivity (Wildman–Crippen MR) is 51.5 cm³/mol. The molecular formula is C8H18NO3P. The molecule has 1 saturated carbocycles. The summed E-state index contributed by atoms with van der Waals surface area (Å²) in [6, 6.07) is -0.318. The monoisotopic (exact) mass is 207 g/mol. The molecule has 4 N–H and O–H groups in total. The molecule has 0 amide bonds. The maximum Gasteiger partial charge on any atom is 0.327 e. The van der Waals surface area contributed by atoms with E-state index in [1.54, 1.807) is 0 Å². The Morgan fingerprint density at radius 2 is 1.85 bits per heavy atom. The van der Waals surface area contributed by atoms with E-state index >= 15 is 0 Å². The first kappa shape index (κ1) is 11.2. The van der Waals surface area contributed by atoms with Crippen molar-refractivity contribution in [2.24, 2.45) is 11.7 Å². The Balaban J connectivity index is 2.37. The second kappa shape index (κ2) is 4.56. The molecule has 5 heteroatoms. The third kappa shape index (κ3) is 4.23. The van der Waals surface area contributed by atoms with Crippen LogP contribution in [0.15, 0.2) is 0 Å². The minimum Gasteiger partial charge on any atom is -0.327 e. The molecule has 0 aliphatic heterocycles. The van der Waals surface area contributed by atoms with E-state index in [0.29, 0.717) is 5.92 Å². The van der Waals surface area contributed by atoms with Crippen LogP contribution in [0.4, 0.5) is 0 Å². The second-order valence-electron chi connectivity index (χ2n) is 3.91. The van der Waals surface area contributed by atoms with Crippen molar-refractivity contribution in [1.29, 1.82) is 0 Å². The van der Waals surface area contributed by atoms with Gasteiger partial charge < -0.3 is 15.5 Å². The van der Waals surface area contributed by atoms with E-state index in [0.717, 1.165) is 25.7 Å². The molecule has 1 aliphatic rings. The van der Waals surface area contributed by atoms with Crippen LogP contribution < -0.4 is 5.73 Å². The van der Waals surface area contributed by atoms with Gasteiger partial charge in [0.25, 0.3) is 0 Å². The van der Waals surface area contributed by atoms with Crippen molar-refractivity contribution >= 4 is 7.60 Å². The Hall–Kier alpha value is 0.110. The molecule has 0 aromatic carbocycles. The average Bonchev–Trinajstić information content (AvgIpc) is 2.03. The summed E-state index contributed by atoms with van der Waals surface area (Å²) in [6.45, 7) is 0. The molecule has 1 aliphatic carbocycles. The highest BCUT2D eigenvalue weighted by Gasteiger charge is 2.26. The molecule has 0 saturated heterocycles. The highest BCUT2D eigenvalue weighted by Crippen LogP contribution is 2.38. The zero-order chi connectivity index (χ0) is 9.90. The summed E-state index contributed by atoms with van der Waals surface area (Å²) in [5.74, 6) is 0.321. The molecule has 78 valence electrons. The minimum absolute atomic E-state index is 0.155. The van der Waals surface area contributed by atoms with Crippen LogP contribution in [-0.4, -0.2) is 22.0 Å². The third-order valence-electron chi connectivity index (χ3n) is 2.70. The molecule has 1 fully saturated rings. The van der Waals surface area contributed by atoms with Gasteiger partial charge in [-0.1, -0.05) is 19.3 Å². The molecule has 0 aromatic rings. The predicted octanol–water partition coefficient (Wildman–Crippen LogP) is 1.07. The van der Waals surface area contributed by atoms with E-state index in [-0.39, 0.29) is 12.2 Å². The van der Waals surface area contributed by atoms with Crippen LogP contribution in [0, 0.1) is 5.92 Å². The number of rotatable bonds is 3. The fraction of sp³-hybridized carbons (Fsp3) is 1.00. The number of hydrogen-bond donors (Lipinski definition) is 3. The Kier molecular flexibility index (Phi) is 3.92. The van der Waals surface area contributed by atoms with Gasteiger partial charge in [-0.3, -0.25) is 4.57 Å². The molecule has 1 rings (SSSR count). The van der Waals surface area contributed by atoms with Crippen molar-refractivity contribution < 1.29 is 14.4 Å². The fourth-order valence-electron chi connectivity index (χ4n) is 1.99. The molecular weight excluding hydrogens is 189 g/mol. The summed E-state index contributed by atoms with van der Waals surface area (Å²) in [5, 5.41) is 0. The standard InChI is InChI=1S/C8H18NO3P/c9-8(6-13(10,11)12)7-4-2-1-3-5-7/h7-8H,1-6,9H2,(H2,10,11,12). The van der Waals surface area contributed by atoms with E-state index in [1.165, 1.54) is 6.42 Å². The summed E-state index contributed by atoms with van der Waals surface area (Å²) in [6.07, 6.45) is 5.44. The van der Waals surface area contributed by atoms with Crippen LogP contribution in [0.1, 0.15) is 32.1 Å². The highest BCUT2D eigenvalue weighted by molar-refractivity contribution is 7.51. The van der Waals surface area contributed by atoms with E-state index in [4.69, 9.17) is 15.5 Å². The second-order valence-corrected chi connectivity index (χ2v) is 5.60. The molecule has 1 unspecified atom stereocenters. The molecule has 0 bridgehead atoms. The first-order valence-electron chi connectivity index (χ1n) is 4.79. The van der Waals surface area contributed by atoms with Crippen LogP contribution in [0.3, 0.4) is 0 Å². The normalized spacial score (nSPS) is 23.0. The zero-order valence-corrected chi connectivity index (χ0v) is 8.62. The molecule has 13 heavy (non-hydrogen) atoms. The van der Waals surface area contributed by atoms with E-state index in [1.807, 2.05) is 0 Å². The Labute approximate surface area is 78.7 Å². The third-order valence-corrected chi connectivity index (χ3v) is 3.60. The Morgan fingerprint density at radius 3 is 2.31 bits per heavy atom. The van der Waals surface area contributed by atoms with Crippen LogP contribution in [0.2, 0.25) is 0 Å². The maximum absolute atomic E-state index is 10.7. The lowest BCUT2D eigenvalue weighted by Gasteiger charge is -2.27. The smallest absolute Gasteiger partial charge is 0.327 e. The van der Waals surface area contributed by atoms with Gasteiger partial charge in [-0.25, -0.2) is 0 Å². The largest absolute Gasteiger partial charge is 0.327 e. The van der Waals surface area contributed by atoms with Gasteiger partial charge in [0.15, 0.2) is 0 Å². The molecule has 0 spiro atoms. The average molecular weight is 207 g/mol. The maximum atomic E-state index is 10.7. The number of nitrogens with two attached hydrogens (primary N) is 1. The van der Waals surface area contributed by atoms with Crippen LogP contribution >= 0.6 is 7.60 Å². The molecule has 0 radical (unpaired) electrons. The van der Waals surface area contributed by atoms with Crippen molar-refractivity contribution in [3.63, 3.8) is 0 Å². The van der Waals surface area contributed by atoms with Gasteiger partial charge >= 0.3 is 7.60 Å². The Morgan fingerprint density at radius 1 is 1.31 bits per heavy atom. The van der Waals surface area contributed by atoms with Crippen molar-refractivity contribution in [3.8, 4) is 0 Å². The van der Waals surface area contributed by atoms with Crippen molar-refractivity contribution in [3.05, 3.63) is 0 Å². The molecule has 0 heterocycles. The molecule has 4 nitrogen and oxygen atoms in total. The molecule has 0 aromatic heterocycles. The van der Waals surface area contributed by atoms with Gasteiger partial charge in [-0.15, -0.1) is 0 Å². The fourth-order valence-corrected chi connectivity index (χ4v) is 2.83. The first-order chi connectivity index (χ1) is 5.99. The minimum atomic E-state index is -3.91. The van der Waals surface area contributed by atoms with E-state index < -0.39 is 7.60 Å². The summed E-state index contributed by atoms with van der Waals surface area (Å²) in [7, 11) is -3.91. The van der Waals surface area contributed by atoms with Gasteiger partial charge in [0.1, 0.15) is 0 Å². The van der Waals surface area contributed by atoms with Crippen LogP contribution in [0.25, 0.3) is 0 Å². The van der Waals surface area contributed by atoms with Gasteiger partial charge in [0.05, 0.1) is 6.16 Å². The lowest BCUT2D eigenvalue weighted by Crippen LogP contribution is -2.34. The lowest BCUT2D eigenvalue weighted by molar-refractivity contribution is 0.302. The van der Waals surface area contributed by atoms with Crippen LogP contribution in [0.5, 0.6) is 0 Å². The summed E-state index contributed by atoms with van der Waals surface area (Å²) >= 11 is 0. The van der Waals surface area contributed by atoms with Gasteiger partial charge in [-0.05, 0) is 18.8 Å². The number of hydrogen-bond acceptors (Lipinski definition) is 2. The highest BCUT2D eigenvalue weighted by atomic mass is 31.2. The van der Waals surface area contributed by atoms with Gasteiger partial charge in [-0.2, -0.15) is 0 Å². The van der Waals surface area contributed by atoms with Crippen molar-refractivity contribution in [2.75, 3.05) is 6.16 Å². The molecule has 1 atom stereocenters. The zero-order valence-electron chi connectivity index (χ0n) is 7.72. The van der Waals surface area contributed by atoms with Gasteiger partial charge in [0, 0.05) is 6.04 Å². The summed E-state index contributed by atoms with van der Waals surface area (Å²) in [5.41, 5.74) is 5.74. The van der Waals surface area contributed by atoms with Crippen LogP contribution in [-0.2, 0) is 4.57 Å². The van der Waals surface area contributed by atoms with Gasteiger partial charge in [0.2, 0.25) is 0 Å². The summed E-state index contributed by atoms with van der Waals surface area (Å²) < 4.78 is 10.7. The SMILES string of the molecule is NC(CP(=O)(O)O)C1CCCCC1. The van der Waals surface area contributed by atoms with Crippen molar-refractivity contribution in [2.45, 2.75) is 38.1 Å². The Bertz CT molecular complexity index is 198. The first-order valence-corrected chi connectivity index (χ1v) is 6.59. The van der Waals surface area contributed by atoms with E-state index in [9.17, 15) is 4.57 Å². The topological polar surface area (TPSA) is 83.6 Å². The lowest BCUT2D eigenvalue weighted by atomic mass is 9.85. The summed E-state index contributed by atoms with van der Waals surface area (Å²) in [4.78, 5) is 17.5. The van der Waals surface area contributed by atoms with Crippen molar-refractivity contribution in [1.82, 2.24) is 0 Å². The van der Waals surface area contributed by atoms with E-state index in [2.05, 4.69) is 0 Å².